The van der Waals surface area contributed by atoms with Crippen molar-refractivity contribution in [3.8, 4) is 0 Å². The summed E-state index contributed by atoms with van der Waals surface area (Å²) in [6.07, 6.45) is 5.40. The minimum atomic E-state index is -3.83. The first-order valence-electron chi connectivity index (χ1n) is 9.82. The monoisotopic (exact) mass is 542 g/mol. The van der Waals surface area contributed by atoms with E-state index < -0.39 is 33.2 Å². The Morgan fingerprint density at radius 2 is 1.75 bits per heavy atom. The molecule has 0 saturated heterocycles. The van der Waals surface area contributed by atoms with Crippen molar-refractivity contribution in [1.29, 1.82) is 0 Å². The third kappa shape index (κ3) is 6.90. The van der Waals surface area contributed by atoms with Gasteiger partial charge in [0.15, 0.2) is 0 Å². The molecule has 0 radical (unpaired) electrons. The minimum Gasteiger partial charge on any atom is -0.381 e. The Bertz CT molecular complexity index is 1460. The molecule has 3 N–H and O–H groups in total. The van der Waals surface area contributed by atoms with Crippen LogP contribution in [0.2, 0.25) is 0 Å². The van der Waals surface area contributed by atoms with Crippen LogP contribution in [-0.2, 0) is 40.6 Å². The van der Waals surface area contributed by atoms with Crippen LogP contribution in [0.4, 0.5) is 8.78 Å². The first kappa shape index (κ1) is 26.9. The third-order valence-corrected chi connectivity index (χ3v) is 6.71. The molecule has 1 aromatic carbocycles. The van der Waals surface area contributed by atoms with Crippen LogP contribution in [0.25, 0.3) is 0 Å². The summed E-state index contributed by atoms with van der Waals surface area (Å²) in [5.41, 5.74) is -1.75. The standard InChI is InChI=1S/C13H12F2N6O.C5H8N4O3S2/c14-10-1-2-11(12(15)3-10)13(22,4-20-8-16-6-18-20)5-21-9-17-7-19-21;1-3(10)7-4-9(2)8-5(13-4)14(6,11)12/h1-3,6-9,22H,4-5H2;1-2H3,(H2,6,11,12)/b;7-4-. The van der Waals surface area contributed by atoms with E-state index in [1.807, 2.05) is 0 Å². The first-order chi connectivity index (χ1) is 16.9. The first-order valence-corrected chi connectivity index (χ1v) is 12.2. The summed E-state index contributed by atoms with van der Waals surface area (Å²) in [7, 11) is -2.35. The minimum absolute atomic E-state index is 0.0556. The van der Waals surface area contributed by atoms with Gasteiger partial charge < -0.3 is 5.11 Å². The van der Waals surface area contributed by atoms with Gasteiger partial charge in [-0.1, -0.05) is 17.4 Å². The van der Waals surface area contributed by atoms with E-state index in [4.69, 9.17) is 5.14 Å². The second-order valence-corrected chi connectivity index (χ2v) is 9.98. The molecule has 0 saturated carbocycles. The number of amides is 1. The number of nitrogens with two attached hydrogens (primary N) is 1. The van der Waals surface area contributed by atoms with Gasteiger partial charge in [0.25, 0.3) is 10.0 Å². The fourth-order valence-corrected chi connectivity index (χ4v) is 4.52. The van der Waals surface area contributed by atoms with Crippen molar-refractivity contribution in [2.24, 2.45) is 17.2 Å². The van der Waals surface area contributed by atoms with E-state index in [0.717, 1.165) is 23.5 Å². The zero-order valence-electron chi connectivity index (χ0n) is 18.8. The molecule has 1 amide bonds. The van der Waals surface area contributed by atoms with Crippen LogP contribution >= 0.6 is 11.3 Å². The molecule has 0 spiro atoms. The topological polar surface area (TPSA) is 189 Å². The average molecular weight is 543 g/mol. The number of benzene rings is 1. The van der Waals surface area contributed by atoms with Gasteiger partial charge in [-0.15, -0.1) is 5.10 Å². The van der Waals surface area contributed by atoms with E-state index in [-0.39, 0.29) is 27.8 Å². The van der Waals surface area contributed by atoms with Crippen molar-refractivity contribution in [1.82, 2.24) is 39.3 Å². The van der Waals surface area contributed by atoms with Crippen LogP contribution in [-0.4, -0.2) is 58.7 Å². The Morgan fingerprint density at radius 3 is 2.17 bits per heavy atom. The molecule has 0 aliphatic rings. The highest BCUT2D eigenvalue weighted by Gasteiger charge is 2.34. The molecule has 36 heavy (non-hydrogen) atoms. The Labute approximate surface area is 206 Å². The second kappa shape index (κ2) is 10.9. The maximum atomic E-state index is 14.1. The molecule has 0 unspecified atom stereocenters. The number of hydrogen-bond acceptors (Lipinski definition) is 10. The number of aryl methyl sites for hydroxylation is 1. The summed E-state index contributed by atoms with van der Waals surface area (Å²) >= 11 is 0.746. The van der Waals surface area contributed by atoms with Crippen molar-refractivity contribution in [3.05, 3.63) is 65.5 Å². The van der Waals surface area contributed by atoms with Crippen LogP contribution in [0.15, 0.2) is 52.8 Å². The van der Waals surface area contributed by atoms with Gasteiger partial charge in [0.1, 0.15) is 42.5 Å². The predicted octanol–water partition coefficient (Wildman–Crippen LogP) is -0.688. The fourth-order valence-electron chi connectivity index (χ4n) is 2.93. The number of aromatic nitrogens is 8. The molecule has 0 aliphatic carbocycles. The van der Waals surface area contributed by atoms with Gasteiger partial charge in [0.2, 0.25) is 15.0 Å². The molecule has 18 heteroatoms. The van der Waals surface area contributed by atoms with Crippen LogP contribution in [0.1, 0.15) is 12.5 Å². The normalized spacial score (nSPS) is 12.3. The predicted molar refractivity (Wildman–Crippen MR) is 119 cm³/mol. The molecule has 0 aliphatic heterocycles. The highest BCUT2D eigenvalue weighted by Crippen LogP contribution is 2.28. The average Bonchev–Trinajstić information content (AvgIpc) is 3.52. The zero-order valence-corrected chi connectivity index (χ0v) is 20.4. The quantitative estimate of drug-likeness (QED) is 0.318. The van der Waals surface area contributed by atoms with E-state index in [2.05, 4.69) is 30.3 Å². The van der Waals surface area contributed by atoms with Crippen LogP contribution < -0.4 is 9.94 Å². The number of sulfonamides is 1. The number of rotatable bonds is 6. The summed E-state index contributed by atoms with van der Waals surface area (Å²) in [5, 5.41) is 27.2. The Balaban J connectivity index is 0.000000223. The van der Waals surface area contributed by atoms with E-state index in [1.54, 1.807) is 0 Å². The van der Waals surface area contributed by atoms with E-state index in [0.29, 0.717) is 0 Å². The number of carbonyl (C=O) groups excluding carboxylic acids is 1. The lowest BCUT2D eigenvalue weighted by Crippen LogP contribution is -2.37. The number of hydrogen-bond donors (Lipinski definition) is 2. The molecule has 192 valence electrons. The molecule has 3 heterocycles. The summed E-state index contributed by atoms with van der Waals surface area (Å²) in [6.45, 7) is 1.11. The van der Waals surface area contributed by atoms with Crippen LogP contribution in [0.3, 0.4) is 0 Å². The van der Waals surface area contributed by atoms with E-state index >= 15 is 0 Å². The zero-order chi connectivity index (χ0) is 26.5. The van der Waals surface area contributed by atoms with Crippen molar-refractivity contribution in [2.45, 2.75) is 30.0 Å². The summed E-state index contributed by atoms with van der Waals surface area (Å²) in [5.74, 6) is -1.99. The lowest BCUT2D eigenvalue weighted by Gasteiger charge is -2.28. The molecule has 4 rings (SSSR count). The maximum absolute atomic E-state index is 14.1. The Hall–Kier alpha value is -3.74. The number of halogens is 2. The molecule has 4 aromatic rings. The number of carbonyl (C=O) groups is 1. The van der Waals surface area contributed by atoms with E-state index in [9.17, 15) is 27.1 Å². The van der Waals surface area contributed by atoms with Crippen LogP contribution in [0, 0.1) is 11.6 Å². The van der Waals surface area contributed by atoms with Crippen molar-refractivity contribution >= 4 is 27.3 Å². The highest BCUT2D eigenvalue weighted by molar-refractivity contribution is 7.91. The van der Waals surface area contributed by atoms with Gasteiger partial charge in [-0.05, 0) is 6.07 Å². The van der Waals surface area contributed by atoms with Gasteiger partial charge in [-0.25, -0.2) is 46.4 Å². The van der Waals surface area contributed by atoms with Gasteiger partial charge in [-0.2, -0.15) is 15.2 Å². The Kier molecular flexibility index (Phi) is 8.13. The SMILES string of the molecule is CC(=O)/N=c1\sc(S(N)(=O)=O)nn1C.OC(Cn1cncn1)(Cn1cncn1)c1ccc(F)cc1F. The maximum Gasteiger partial charge on any atom is 0.267 e. The second-order valence-electron chi connectivity index (χ2n) is 7.29. The number of aliphatic hydroxyl groups is 1. The largest absolute Gasteiger partial charge is 0.381 e. The fraction of sp³-hybridized carbons (Fsp3) is 0.278. The molecular formula is C18H20F2N10O4S2. The van der Waals surface area contributed by atoms with Gasteiger partial charge >= 0.3 is 0 Å². The molecule has 0 bridgehead atoms. The molecular weight excluding hydrogens is 522 g/mol. The smallest absolute Gasteiger partial charge is 0.267 e. The summed E-state index contributed by atoms with van der Waals surface area (Å²) < 4.78 is 52.6. The third-order valence-electron chi connectivity index (χ3n) is 4.40. The lowest BCUT2D eigenvalue weighted by atomic mass is 9.93. The molecule has 14 nitrogen and oxygen atoms in total. The number of nitrogens with zero attached hydrogens (tertiary/aromatic N) is 9. The summed E-state index contributed by atoms with van der Waals surface area (Å²) in [4.78, 5) is 22.0. The van der Waals surface area contributed by atoms with E-state index in [1.165, 1.54) is 59.4 Å². The highest BCUT2D eigenvalue weighted by atomic mass is 32.2. The molecule has 0 fully saturated rings. The Morgan fingerprint density at radius 1 is 1.17 bits per heavy atom. The molecule has 0 atom stereocenters. The van der Waals surface area contributed by atoms with Crippen molar-refractivity contribution in [2.75, 3.05) is 0 Å². The van der Waals surface area contributed by atoms with Crippen LogP contribution in [0.5, 0.6) is 0 Å². The van der Waals surface area contributed by atoms with Gasteiger partial charge in [0.05, 0.1) is 13.1 Å². The van der Waals surface area contributed by atoms with Gasteiger partial charge in [0, 0.05) is 25.6 Å². The van der Waals surface area contributed by atoms with Gasteiger partial charge in [-0.3, -0.25) is 4.79 Å². The molecule has 3 aromatic heterocycles. The lowest BCUT2D eigenvalue weighted by molar-refractivity contribution is -0.116. The van der Waals surface area contributed by atoms with Crippen molar-refractivity contribution in [3.63, 3.8) is 0 Å². The summed E-state index contributed by atoms with van der Waals surface area (Å²) in [6, 6.07) is 3.02. The van der Waals surface area contributed by atoms with Crippen molar-refractivity contribution < 1.29 is 27.1 Å². The number of primary sulfonamides is 1.